The van der Waals surface area contributed by atoms with Crippen molar-refractivity contribution in [1.29, 1.82) is 0 Å². The van der Waals surface area contributed by atoms with Gasteiger partial charge in [0.25, 0.3) is 0 Å². The van der Waals surface area contributed by atoms with Gasteiger partial charge in [0.2, 0.25) is 0 Å². The highest BCUT2D eigenvalue weighted by atomic mass is 16.6. The zero-order valence-corrected chi connectivity index (χ0v) is 15.7. The lowest BCUT2D eigenvalue weighted by atomic mass is 9.71. The Bertz CT molecular complexity index is 750. The van der Waals surface area contributed by atoms with Crippen LogP contribution in [0, 0.1) is 13.8 Å². The average molecular weight is 358 g/mol. The van der Waals surface area contributed by atoms with Crippen molar-refractivity contribution in [2.75, 3.05) is 13.7 Å². The van der Waals surface area contributed by atoms with E-state index in [1.807, 2.05) is 26.0 Å². The molecule has 5 heteroatoms. The Balaban J connectivity index is 1.65. The summed E-state index contributed by atoms with van der Waals surface area (Å²) >= 11 is 0. The molecule has 0 radical (unpaired) electrons. The quantitative estimate of drug-likeness (QED) is 0.599. The highest BCUT2D eigenvalue weighted by molar-refractivity contribution is 6.14. The second-order valence-electron chi connectivity index (χ2n) is 8.05. The molecule has 1 aromatic rings. The number of rotatable bonds is 2. The zero-order chi connectivity index (χ0) is 18.5. The molecule has 1 aromatic carbocycles. The first-order chi connectivity index (χ1) is 12.4. The lowest BCUT2D eigenvalue weighted by Gasteiger charge is -2.40. The summed E-state index contributed by atoms with van der Waals surface area (Å²) in [4.78, 5) is 26.1. The largest absolute Gasteiger partial charge is 0.496 e. The summed E-state index contributed by atoms with van der Waals surface area (Å²) in [5.74, 6) is -0.852. The smallest absolute Gasteiger partial charge is 0.322 e. The molecule has 0 amide bonds. The van der Waals surface area contributed by atoms with Gasteiger partial charge in [-0.1, -0.05) is 6.07 Å². The van der Waals surface area contributed by atoms with E-state index < -0.39 is 17.5 Å². The number of hydrogen-bond donors (Lipinski definition) is 0. The molecule has 1 unspecified atom stereocenters. The maximum atomic E-state index is 13.4. The molecule has 2 heterocycles. The molecular weight excluding hydrogens is 332 g/mol. The third-order valence-corrected chi connectivity index (χ3v) is 6.40. The van der Waals surface area contributed by atoms with Crippen LogP contribution in [0.5, 0.6) is 5.75 Å². The van der Waals surface area contributed by atoms with Crippen LogP contribution in [0.25, 0.3) is 0 Å². The van der Waals surface area contributed by atoms with Gasteiger partial charge < -0.3 is 14.2 Å². The second-order valence-corrected chi connectivity index (χ2v) is 8.05. The minimum absolute atomic E-state index is 0.104. The molecule has 4 rings (SSSR count). The van der Waals surface area contributed by atoms with Crippen LogP contribution in [0.2, 0.25) is 0 Å². The van der Waals surface area contributed by atoms with Crippen LogP contribution in [0.1, 0.15) is 61.1 Å². The highest BCUT2D eigenvalue weighted by Crippen LogP contribution is 2.50. The van der Waals surface area contributed by atoms with E-state index in [9.17, 15) is 9.59 Å². The number of hydrogen-bond acceptors (Lipinski definition) is 5. The molecule has 3 aliphatic rings. The third-order valence-electron chi connectivity index (χ3n) is 6.40. The lowest BCUT2D eigenvalue weighted by Crippen LogP contribution is -2.46. The standard InChI is InChI=1S/C21H26O5/c1-13-11-14(2)16(15(12-13)24-3)17-18(22)21(26-19(17)23)8-6-20(7-9-21)5-4-10-25-20/h11-12,17H,4-10H2,1-3H3. The lowest BCUT2D eigenvalue weighted by molar-refractivity contribution is -0.161. The molecule has 2 saturated heterocycles. The van der Waals surface area contributed by atoms with E-state index in [1.165, 1.54) is 0 Å². The van der Waals surface area contributed by atoms with Gasteiger partial charge in [-0.25, -0.2) is 0 Å². The van der Waals surface area contributed by atoms with E-state index in [4.69, 9.17) is 14.2 Å². The van der Waals surface area contributed by atoms with Gasteiger partial charge in [0.1, 0.15) is 11.7 Å². The van der Waals surface area contributed by atoms with Gasteiger partial charge in [-0.15, -0.1) is 0 Å². The maximum Gasteiger partial charge on any atom is 0.322 e. The third kappa shape index (κ3) is 2.56. The number of methoxy groups -OCH3 is 1. The van der Waals surface area contributed by atoms with Gasteiger partial charge in [-0.3, -0.25) is 9.59 Å². The molecule has 140 valence electrons. The van der Waals surface area contributed by atoms with Gasteiger partial charge in [-0.05, 0) is 69.6 Å². The summed E-state index contributed by atoms with van der Waals surface area (Å²) in [5, 5.41) is 0. The van der Waals surface area contributed by atoms with Gasteiger partial charge >= 0.3 is 5.97 Å². The molecule has 3 fully saturated rings. The van der Waals surface area contributed by atoms with Crippen molar-refractivity contribution in [3.8, 4) is 5.75 Å². The Labute approximate surface area is 154 Å². The molecule has 1 saturated carbocycles. The SMILES string of the molecule is COc1cc(C)cc(C)c1C1C(=O)OC2(CCC3(CCCO3)CC2)C1=O. The number of carbonyl (C=O) groups is 2. The minimum atomic E-state index is -0.985. The summed E-state index contributed by atoms with van der Waals surface area (Å²) in [6, 6.07) is 3.85. The molecule has 2 aliphatic heterocycles. The minimum Gasteiger partial charge on any atom is -0.496 e. The van der Waals surface area contributed by atoms with Gasteiger partial charge in [-0.2, -0.15) is 0 Å². The normalized spacial score (nSPS) is 33.9. The van der Waals surface area contributed by atoms with Gasteiger partial charge in [0.05, 0.1) is 12.7 Å². The molecule has 0 aromatic heterocycles. The van der Waals surface area contributed by atoms with Crippen molar-refractivity contribution >= 4 is 11.8 Å². The number of Topliss-reactive ketones (excluding diaryl/α,β-unsaturated/α-hetero) is 1. The summed E-state index contributed by atoms with van der Waals surface area (Å²) in [6.45, 7) is 4.68. The van der Waals surface area contributed by atoms with Gasteiger partial charge in [0.15, 0.2) is 11.4 Å². The van der Waals surface area contributed by atoms with Crippen molar-refractivity contribution in [2.24, 2.45) is 0 Å². The predicted octanol–water partition coefficient (Wildman–Crippen LogP) is 3.38. The van der Waals surface area contributed by atoms with Crippen LogP contribution in [-0.2, 0) is 19.1 Å². The van der Waals surface area contributed by atoms with E-state index in [1.54, 1.807) is 7.11 Å². The summed E-state index contributed by atoms with van der Waals surface area (Å²) < 4.78 is 17.2. The monoisotopic (exact) mass is 358 g/mol. The second kappa shape index (κ2) is 6.08. The predicted molar refractivity (Wildman–Crippen MR) is 95.4 cm³/mol. The van der Waals surface area contributed by atoms with Crippen molar-refractivity contribution in [1.82, 2.24) is 0 Å². The first-order valence-electron chi connectivity index (χ1n) is 9.46. The molecule has 26 heavy (non-hydrogen) atoms. The number of carbonyl (C=O) groups excluding carboxylic acids is 2. The first-order valence-corrected chi connectivity index (χ1v) is 9.46. The van der Waals surface area contributed by atoms with Crippen LogP contribution < -0.4 is 4.74 Å². The van der Waals surface area contributed by atoms with Crippen LogP contribution >= 0.6 is 0 Å². The Morgan fingerprint density at radius 2 is 1.81 bits per heavy atom. The van der Waals surface area contributed by atoms with E-state index in [0.717, 1.165) is 43.4 Å². The Morgan fingerprint density at radius 1 is 1.08 bits per heavy atom. The maximum absolute atomic E-state index is 13.4. The number of benzene rings is 1. The topological polar surface area (TPSA) is 61.8 Å². The number of ether oxygens (including phenoxy) is 3. The van der Waals surface area contributed by atoms with E-state index in [2.05, 4.69) is 0 Å². The molecule has 1 aliphatic carbocycles. The molecule has 0 bridgehead atoms. The number of esters is 1. The fourth-order valence-electron chi connectivity index (χ4n) is 5.01. The highest BCUT2D eigenvalue weighted by Gasteiger charge is 2.59. The molecular formula is C21H26O5. The zero-order valence-electron chi connectivity index (χ0n) is 15.7. The van der Waals surface area contributed by atoms with E-state index in [0.29, 0.717) is 24.2 Å². The molecule has 1 atom stereocenters. The Morgan fingerprint density at radius 3 is 2.42 bits per heavy atom. The van der Waals surface area contributed by atoms with Crippen molar-refractivity contribution in [2.45, 2.75) is 69.5 Å². The number of aryl methyl sites for hydroxylation is 2. The summed E-state index contributed by atoms with van der Waals surface area (Å²) in [5.41, 5.74) is 1.49. The Kier molecular flexibility index (Phi) is 4.10. The average Bonchev–Trinajstić information content (AvgIpc) is 3.15. The van der Waals surface area contributed by atoms with E-state index >= 15 is 0 Å². The van der Waals surface area contributed by atoms with Crippen molar-refractivity contribution in [3.63, 3.8) is 0 Å². The van der Waals surface area contributed by atoms with Crippen molar-refractivity contribution < 1.29 is 23.8 Å². The molecule has 2 spiro atoms. The Hall–Kier alpha value is -1.88. The van der Waals surface area contributed by atoms with Crippen LogP contribution in [-0.4, -0.2) is 36.7 Å². The van der Waals surface area contributed by atoms with Crippen molar-refractivity contribution in [3.05, 3.63) is 28.8 Å². The molecule has 0 N–H and O–H groups in total. The fraction of sp³-hybridized carbons (Fsp3) is 0.619. The van der Waals surface area contributed by atoms with Crippen LogP contribution in [0.3, 0.4) is 0 Å². The summed E-state index contributed by atoms with van der Waals surface area (Å²) in [6.07, 6.45) is 4.79. The van der Waals surface area contributed by atoms with Crippen LogP contribution in [0.15, 0.2) is 12.1 Å². The summed E-state index contributed by atoms with van der Waals surface area (Å²) in [7, 11) is 1.57. The fourth-order valence-corrected chi connectivity index (χ4v) is 5.01. The van der Waals surface area contributed by atoms with E-state index in [-0.39, 0.29) is 11.4 Å². The number of ketones is 1. The first kappa shape index (κ1) is 17.5. The van der Waals surface area contributed by atoms with Gasteiger partial charge in [0, 0.05) is 12.2 Å². The van der Waals surface area contributed by atoms with Crippen LogP contribution in [0.4, 0.5) is 0 Å². The molecule has 5 nitrogen and oxygen atoms in total.